The molecule has 2 nitrogen and oxygen atoms in total. The fourth-order valence-corrected chi connectivity index (χ4v) is 2.59. The van der Waals surface area contributed by atoms with Crippen molar-refractivity contribution in [1.82, 2.24) is 0 Å². The first-order valence-corrected chi connectivity index (χ1v) is 9.61. The van der Waals surface area contributed by atoms with Gasteiger partial charge in [0.1, 0.15) is 0 Å². The van der Waals surface area contributed by atoms with Gasteiger partial charge in [-0.25, -0.2) is 0 Å². The molecule has 0 aliphatic heterocycles. The quantitative estimate of drug-likeness (QED) is 0.673. The summed E-state index contributed by atoms with van der Waals surface area (Å²) in [5.41, 5.74) is -0.0792. The predicted molar refractivity (Wildman–Crippen MR) is 78.1 cm³/mol. The Morgan fingerprint density at radius 1 is 1.00 bits per heavy atom. The lowest BCUT2D eigenvalue weighted by atomic mass is 10.2. The largest absolute Gasteiger partial charge is 0.412 e. The summed E-state index contributed by atoms with van der Waals surface area (Å²) >= 11 is 0. The van der Waals surface area contributed by atoms with Crippen LogP contribution in [0, 0.1) is 0 Å². The smallest absolute Gasteiger partial charge is 0.192 e. The summed E-state index contributed by atoms with van der Waals surface area (Å²) in [6.45, 7) is 20.6. The topological polar surface area (TPSA) is 18.5 Å². The van der Waals surface area contributed by atoms with Gasteiger partial charge in [0.25, 0.3) is 0 Å². The van der Waals surface area contributed by atoms with Crippen molar-refractivity contribution in [2.24, 2.45) is 0 Å². The van der Waals surface area contributed by atoms with Crippen LogP contribution in [0.4, 0.5) is 0 Å². The van der Waals surface area contributed by atoms with Gasteiger partial charge in [-0.2, -0.15) is 0 Å². The second-order valence-corrected chi connectivity index (χ2v) is 12.1. The Morgan fingerprint density at radius 2 is 1.47 bits per heavy atom. The molecule has 17 heavy (non-hydrogen) atoms. The second-order valence-electron chi connectivity index (χ2n) is 7.33. The second kappa shape index (κ2) is 5.85. The van der Waals surface area contributed by atoms with Gasteiger partial charge in [0, 0.05) is 0 Å². The maximum atomic E-state index is 6.36. The van der Waals surface area contributed by atoms with Gasteiger partial charge >= 0.3 is 0 Å². The highest BCUT2D eigenvalue weighted by Gasteiger charge is 2.39. The average Bonchev–Trinajstić information content (AvgIpc) is 2.08. The van der Waals surface area contributed by atoms with E-state index in [9.17, 15) is 0 Å². The van der Waals surface area contributed by atoms with Crippen LogP contribution < -0.4 is 0 Å². The predicted octanol–water partition coefficient (Wildman–Crippen LogP) is 4.60. The third-order valence-electron chi connectivity index (χ3n) is 3.43. The van der Waals surface area contributed by atoms with Crippen molar-refractivity contribution in [3.05, 3.63) is 0 Å². The van der Waals surface area contributed by atoms with E-state index >= 15 is 0 Å². The maximum Gasteiger partial charge on any atom is 0.192 e. The first-order chi connectivity index (χ1) is 7.39. The normalized spacial score (nSPS) is 16.1. The Balaban J connectivity index is 4.41. The molecule has 3 heteroatoms. The molecule has 0 aromatic heterocycles. The van der Waals surface area contributed by atoms with Gasteiger partial charge in [-0.1, -0.05) is 27.7 Å². The summed E-state index contributed by atoms with van der Waals surface area (Å²) in [7, 11) is -1.67. The van der Waals surface area contributed by atoms with Crippen molar-refractivity contribution < 1.29 is 9.16 Å². The van der Waals surface area contributed by atoms with E-state index in [-0.39, 0.29) is 16.7 Å². The zero-order valence-electron chi connectivity index (χ0n) is 13.3. The summed E-state index contributed by atoms with van der Waals surface area (Å²) in [6.07, 6.45) is 1.25. The fraction of sp³-hybridized carbons (Fsp3) is 1.00. The summed E-state index contributed by atoms with van der Waals surface area (Å²) in [5, 5.41) is 0.266. The van der Waals surface area contributed by atoms with Crippen LogP contribution in [0.5, 0.6) is 0 Å². The lowest BCUT2D eigenvalue weighted by molar-refractivity contribution is -0.0455. The van der Waals surface area contributed by atoms with Crippen LogP contribution >= 0.6 is 0 Å². The van der Waals surface area contributed by atoms with Gasteiger partial charge in [-0.05, 0) is 45.3 Å². The van der Waals surface area contributed by atoms with Crippen LogP contribution in [0.25, 0.3) is 0 Å². The molecule has 0 aliphatic carbocycles. The van der Waals surface area contributed by atoms with Crippen molar-refractivity contribution in [3.8, 4) is 0 Å². The van der Waals surface area contributed by atoms with Crippen LogP contribution in [0.15, 0.2) is 0 Å². The van der Waals surface area contributed by atoms with Gasteiger partial charge in [-0.3, -0.25) is 0 Å². The Labute approximate surface area is 109 Å². The van der Waals surface area contributed by atoms with Crippen molar-refractivity contribution in [2.75, 3.05) is 6.61 Å². The van der Waals surface area contributed by atoms with E-state index in [4.69, 9.17) is 9.16 Å². The van der Waals surface area contributed by atoms with Gasteiger partial charge in [0.2, 0.25) is 0 Å². The van der Waals surface area contributed by atoms with Gasteiger partial charge < -0.3 is 9.16 Å². The fourth-order valence-electron chi connectivity index (χ4n) is 1.17. The lowest BCUT2D eigenvalue weighted by Crippen LogP contribution is -2.45. The Bertz CT molecular complexity index is 223. The first-order valence-electron chi connectivity index (χ1n) is 6.71. The first kappa shape index (κ1) is 17.1. The zero-order chi connectivity index (χ0) is 13.9. The average molecular weight is 260 g/mol. The standard InChI is InChI=1S/C14H32O2Si/c1-10-12(11-15-13(2,3)4)16-17(8,9)14(5,6)7/h12H,10-11H2,1-9H3/t12-/m1/s1. The van der Waals surface area contributed by atoms with Gasteiger partial charge in [0.15, 0.2) is 8.32 Å². The highest BCUT2D eigenvalue weighted by atomic mass is 28.4. The van der Waals surface area contributed by atoms with Crippen molar-refractivity contribution in [1.29, 1.82) is 0 Å². The Hall–Kier alpha value is 0.137. The number of ether oxygens (including phenoxy) is 1. The molecule has 0 aliphatic rings. The van der Waals surface area contributed by atoms with Crippen LogP contribution in [0.1, 0.15) is 54.9 Å². The molecule has 0 saturated heterocycles. The lowest BCUT2D eigenvalue weighted by Gasteiger charge is -2.39. The molecule has 0 amide bonds. The summed E-state index contributed by atoms with van der Waals surface area (Å²) in [4.78, 5) is 0. The van der Waals surface area contributed by atoms with E-state index in [2.05, 4.69) is 61.6 Å². The SMILES string of the molecule is CC[C@H](COC(C)(C)C)O[Si](C)(C)C(C)(C)C. The molecule has 0 rings (SSSR count). The molecule has 0 aromatic carbocycles. The van der Waals surface area contributed by atoms with E-state index in [0.29, 0.717) is 6.61 Å². The van der Waals surface area contributed by atoms with Gasteiger partial charge in [0.05, 0.1) is 18.3 Å². The molecule has 0 saturated carbocycles. The van der Waals surface area contributed by atoms with Crippen LogP contribution in [-0.2, 0) is 9.16 Å². The van der Waals surface area contributed by atoms with Crippen molar-refractivity contribution in [3.63, 3.8) is 0 Å². The summed E-state index contributed by atoms with van der Waals surface area (Å²) in [6, 6.07) is 0. The number of rotatable bonds is 5. The van der Waals surface area contributed by atoms with Crippen molar-refractivity contribution in [2.45, 2.75) is 84.7 Å². The van der Waals surface area contributed by atoms with Gasteiger partial charge in [-0.15, -0.1) is 0 Å². The van der Waals surface area contributed by atoms with Crippen LogP contribution in [0.3, 0.4) is 0 Å². The van der Waals surface area contributed by atoms with Crippen LogP contribution in [0.2, 0.25) is 18.1 Å². The van der Waals surface area contributed by atoms with E-state index in [1.54, 1.807) is 0 Å². The summed E-state index contributed by atoms with van der Waals surface area (Å²) < 4.78 is 12.2. The molecule has 0 fully saturated rings. The van der Waals surface area contributed by atoms with E-state index in [1.165, 1.54) is 0 Å². The highest BCUT2D eigenvalue weighted by Crippen LogP contribution is 2.37. The van der Waals surface area contributed by atoms with E-state index < -0.39 is 8.32 Å². The van der Waals surface area contributed by atoms with Crippen LogP contribution in [-0.4, -0.2) is 26.6 Å². The highest BCUT2D eigenvalue weighted by molar-refractivity contribution is 6.74. The molecule has 0 radical (unpaired) electrons. The molecule has 0 aromatic rings. The number of hydrogen-bond donors (Lipinski definition) is 0. The van der Waals surface area contributed by atoms with Crippen molar-refractivity contribution >= 4 is 8.32 Å². The maximum absolute atomic E-state index is 6.36. The Morgan fingerprint density at radius 3 is 1.76 bits per heavy atom. The van der Waals surface area contributed by atoms with E-state index in [0.717, 1.165) is 6.42 Å². The zero-order valence-corrected chi connectivity index (χ0v) is 14.3. The monoisotopic (exact) mass is 260 g/mol. The molecule has 0 bridgehead atoms. The molecule has 0 unspecified atom stereocenters. The van der Waals surface area contributed by atoms with E-state index in [1.807, 2.05) is 0 Å². The Kier molecular flexibility index (Phi) is 5.90. The molecule has 104 valence electrons. The minimum atomic E-state index is -1.67. The molecular formula is C14H32O2Si. The minimum Gasteiger partial charge on any atom is -0.412 e. The third kappa shape index (κ3) is 6.58. The molecule has 0 N–H and O–H groups in total. The molecule has 1 atom stereocenters. The molecule has 0 spiro atoms. The molecular weight excluding hydrogens is 228 g/mol. The minimum absolute atomic E-state index is 0.0792. The molecule has 0 heterocycles. The number of hydrogen-bond acceptors (Lipinski definition) is 2. The summed E-state index contributed by atoms with van der Waals surface area (Å²) in [5.74, 6) is 0. The third-order valence-corrected chi connectivity index (χ3v) is 7.96.